The lowest BCUT2D eigenvalue weighted by Gasteiger charge is -2.09. The van der Waals surface area contributed by atoms with Gasteiger partial charge in [0.2, 0.25) is 0 Å². The first-order valence-electron chi connectivity index (χ1n) is 5.20. The average Bonchev–Trinajstić information content (AvgIpc) is 2.35. The minimum absolute atomic E-state index is 0.0985. The molecular formula is C13H9Cl3FN. The zero-order valence-corrected chi connectivity index (χ0v) is 11.5. The summed E-state index contributed by atoms with van der Waals surface area (Å²) in [6, 6.07) is 9.92. The standard InChI is InChI=1S/C13H9Cl3FN/c14-10-5-4-9(6-12(10)17)18-7-8-2-1-3-11(15)13(8)16/h1-6,18H,7H2. The van der Waals surface area contributed by atoms with E-state index < -0.39 is 5.82 Å². The molecule has 5 heteroatoms. The Morgan fingerprint density at radius 3 is 2.50 bits per heavy atom. The van der Waals surface area contributed by atoms with Gasteiger partial charge >= 0.3 is 0 Å². The van der Waals surface area contributed by atoms with E-state index in [0.717, 1.165) is 5.56 Å². The van der Waals surface area contributed by atoms with Crippen molar-refractivity contribution >= 4 is 40.5 Å². The van der Waals surface area contributed by atoms with Gasteiger partial charge in [-0.2, -0.15) is 0 Å². The van der Waals surface area contributed by atoms with Gasteiger partial charge in [0.1, 0.15) is 5.82 Å². The summed E-state index contributed by atoms with van der Waals surface area (Å²) in [5.74, 6) is -0.459. The lowest BCUT2D eigenvalue weighted by atomic mass is 10.2. The molecule has 0 bridgehead atoms. The Kier molecular flexibility index (Phi) is 4.33. The fraction of sp³-hybridized carbons (Fsp3) is 0.0769. The quantitative estimate of drug-likeness (QED) is 0.800. The summed E-state index contributed by atoms with van der Waals surface area (Å²) in [5.41, 5.74) is 1.48. The highest BCUT2D eigenvalue weighted by molar-refractivity contribution is 6.42. The summed E-state index contributed by atoms with van der Waals surface area (Å²) in [7, 11) is 0. The predicted octanol–water partition coefficient (Wildman–Crippen LogP) is 5.40. The third-order valence-electron chi connectivity index (χ3n) is 2.43. The van der Waals surface area contributed by atoms with Gasteiger partial charge in [-0.05, 0) is 29.8 Å². The van der Waals surface area contributed by atoms with Crippen molar-refractivity contribution < 1.29 is 4.39 Å². The number of hydrogen-bond acceptors (Lipinski definition) is 1. The lowest BCUT2D eigenvalue weighted by molar-refractivity contribution is 0.628. The fourth-order valence-corrected chi connectivity index (χ4v) is 1.99. The number of hydrogen-bond donors (Lipinski definition) is 1. The molecule has 0 atom stereocenters. The van der Waals surface area contributed by atoms with Crippen LogP contribution in [-0.2, 0) is 6.54 Å². The van der Waals surface area contributed by atoms with Crippen molar-refractivity contribution in [1.29, 1.82) is 0 Å². The van der Waals surface area contributed by atoms with Crippen molar-refractivity contribution in [2.75, 3.05) is 5.32 Å². The Balaban J connectivity index is 2.11. The zero-order valence-electron chi connectivity index (χ0n) is 9.18. The Bertz CT molecular complexity index is 572. The fourth-order valence-electron chi connectivity index (χ4n) is 1.49. The number of nitrogens with one attached hydrogen (secondary N) is 1. The van der Waals surface area contributed by atoms with Crippen molar-refractivity contribution in [3.8, 4) is 0 Å². The maximum absolute atomic E-state index is 13.2. The third-order valence-corrected chi connectivity index (χ3v) is 3.60. The van der Waals surface area contributed by atoms with E-state index in [9.17, 15) is 4.39 Å². The molecule has 2 rings (SSSR count). The molecule has 0 aromatic heterocycles. The summed E-state index contributed by atoms with van der Waals surface area (Å²) >= 11 is 17.6. The lowest BCUT2D eigenvalue weighted by Crippen LogP contribution is -2.00. The average molecular weight is 305 g/mol. The predicted molar refractivity (Wildman–Crippen MR) is 75.2 cm³/mol. The van der Waals surface area contributed by atoms with Crippen LogP contribution in [0.4, 0.5) is 10.1 Å². The largest absolute Gasteiger partial charge is 0.381 e. The first-order chi connectivity index (χ1) is 8.58. The SMILES string of the molecule is Fc1cc(NCc2cccc(Cl)c2Cl)ccc1Cl. The highest BCUT2D eigenvalue weighted by Gasteiger charge is 2.05. The van der Waals surface area contributed by atoms with Crippen molar-refractivity contribution in [2.45, 2.75) is 6.54 Å². The highest BCUT2D eigenvalue weighted by Crippen LogP contribution is 2.26. The highest BCUT2D eigenvalue weighted by atomic mass is 35.5. The number of anilines is 1. The van der Waals surface area contributed by atoms with E-state index in [-0.39, 0.29) is 5.02 Å². The molecule has 2 aromatic rings. The molecule has 0 saturated carbocycles. The molecule has 0 unspecified atom stereocenters. The molecule has 0 aliphatic rings. The second-order valence-corrected chi connectivity index (χ2v) is 4.89. The molecular weight excluding hydrogens is 296 g/mol. The van der Waals surface area contributed by atoms with E-state index in [1.54, 1.807) is 12.1 Å². The van der Waals surface area contributed by atoms with Crippen LogP contribution in [0.2, 0.25) is 15.1 Å². The summed E-state index contributed by atoms with van der Waals surface area (Å²) in [6.07, 6.45) is 0. The number of rotatable bonds is 3. The Morgan fingerprint density at radius 2 is 1.78 bits per heavy atom. The summed E-state index contributed by atoms with van der Waals surface area (Å²) in [4.78, 5) is 0. The minimum atomic E-state index is -0.459. The topological polar surface area (TPSA) is 12.0 Å². The van der Waals surface area contributed by atoms with Crippen LogP contribution in [0.3, 0.4) is 0 Å². The second kappa shape index (κ2) is 5.79. The van der Waals surface area contributed by atoms with Crippen molar-refractivity contribution in [1.82, 2.24) is 0 Å². The molecule has 1 nitrogen and oxygen atoms in total. The number of halogens is 4. The normalized spacial score (nSPS) is 10.4. The van der Waals surface area contributed by atoms with Crippen LogP contribution >= 0.6 is 34.8 Å². The molecule has 0 aliphatic carbocycles. The monoisotopic (exact) mass is 303 g/mol. The molecule has 0 fully saturated rings. The maximum Gasteiger partial charge on any atom is 0.143 e. The number of benzene rings is 2. The molecule has 0 radical (unpaired) electrons. The first-order valence-corrected chi connectivity index (χ1v) is 6.33. The molecule has 0 spiro atoms. The Labute approximate surface area is 119 Å². The minimum Gasteiger partial charge on any atom is -0.381 e. The molecule has 2 aromatic carbocycles. The molecule has 1 N–H and O–H groups in total. The van der Waals surface area contributed by atoms with Crippen LogP contribution < -0.4 is 5.32 Å². The van der Waals surface area contributed by atoms with E-state index in [2.05, 4.69) is 5.32 Å². The van der Waals surface area contributed by atoms with Gasteiger partial charge in [-0.15, -0.1) is 0 Å². The Hall–Kier alpha value is -0.960. The van der Waals surface area contributed by atoms with Gasteiger partial charge in [0.25, 0.3) is 0 Å². The van der Waals surface area contributed by atoms with Gasteiger partial charge in [-0.3, -0.25) is 0 Å². The van der Waals surface area contributed by atoms with Gasteiger partial charge in [-0.25, -0.2) is 4.39 Å². The smallest absolute Gasteiger partial charge is 0.143 e. The van der Waals surface area contributed by atoms with Crippen LogP contribution in [0.1, 0.15) is 5.56 Å². The van der Waals surface area contributed by atoms with Crippen molar-refractivity contribution in [3.05, 3.63) is 62.8 Å². The van der Waals surface area contributed by atoms with Gasteiger partial charge in [0.05, 0.1) is 15.1 Å². The van der Waals surface area contributed by atoms with E-state index in [0.29, 0.717) is 22.3 Å². The summed E-state index contributed by atoms with van der Waals surface area (Å²) in [6.45, 7) is 0.459. The molecule has 0 amide bonds. The van der Waals surface area contributed by atoms with Crippen LogP contribution in [0.5, 0.6) is 0 Å². The second-order valence-electron chi connectivity index (χ2n) is 3.70. The van der Waals surface area contributed by atoms with Gasteiger partial charge in [0, 0.05) is 12.2 Å². The zero-order chi connectivity index (χ0) is 13.1. The van der Waals surface area contributed by atoms with E-state index in [1.807, 2.05) is 12.1 Å². The maximum atomic E-state index is 13.2. The van der Waals surface area contributed by atoms with Crippen LogP contribution in [0, 0.1) is 5.82 Å². The van der Waals surface area contributed by atoms with Crippen molar-refractivity contribution in [3.63, 3.8) is 0 Å². The molecule has 94 valence electrons. The van der Waals surface area contributed by atoms with E-state index in [4.69, 9.17) is 34.8 Å². The summed E-state index contributed by atoms with van der Waals surface area (Å²) in [5, 5.41) is 4.15. The Morgan fingerprint density at radius 1 is 1.00 bits per heavy atom. The van der Waals surface area contributed by atoms with Gasteiger partial charge in [0.15, 0.2) is 0 Å². The van der Waals surface area contributed by atoms with E-state index in [1.165, 1.54) is 12.1 Å². The van der Waals surface area contributed by atoms with Gasteiger partial charge < -0.3 is 5.32 Å². The van der Waals surface area contributed by atoms with Gasteiger partial charge in [-0.1, -0.05) is 46.9 Å². The molecule has 0 saturated heterocycles. The van der Waals surface area contributed by atoms with E-state index >= 15 is 0 Å². The molecule has 18 heavy (non-hydrogen) atoms. The first kappa shape index (κ1) is 13.5. The van der Waals surface area contributed by atoms with Crippen molar-refractivity contribution in [2.24, 2.45) is 0 Å². The third kappa shape index (κ3) is 3.08. The summed E-state index contributed by atoms with van der Waals surface area (Å²) < 4.78 is 13.2. The van der Waals surface area contributed by atoms with Crippen LogP contribution in [0.15, 0.2) is 36.4 Å². The molecule has 0 aliphatic heterocycles. The van der Waals surface area contributed by atoms with Crippen LogP contribution in [0.25, 0.3) is 0 Å². The van der Waals surface area contributed by atoms with Crippen LogP contribution in [-0.4, -0.2) is 0 Å². The molecule has 0 heterocycles.